The van der Waals surface area contributed by atoms with Crippen molar-refractivity contribution in [3.8, 4) is 0 Å². The molecule has 1 aliphatic heterocycles. The molecule has 1 aromatic heterocycles. The van der Waals surface area contributed by atoms with Crippen LogP contribution in [0.25, 0.3) is 0 Å². The van der Waals surface area contributed by atoms with E-state index in [0.29, 0.717) is 31.9 Å². The molecule has 1 N–H and O–H groups in total. The van der Waals surface area contributed by atoms with Gasteiger partial charge in [-0.05, 0) is 43.5 Å². The highest BCUT2D eigenvalue weighted by atomic mass is 35.5. The van der Waals surface area contributed by atoms with Crippen LogP contribution in [0.4, 0.5) is 0 Å². The third-order valence-corrected chi connectivity index (χ3v) is 7.23. The molecule has 156 valence electrons. The van der Waals surface area contributed by atoms with Crippen molar-refractivity contribution in [1.29, 1.82) is 0 Å². The second-order valence-electron chi connectivity index (χ2n) is 7.15. The highest BCUT2D eigenvalue weighted by Gasteiger charge is 2.28. The Morgan fingerprint density at radius 3 is 2.45 bits per heavy atom. The number of sulfonamides is 1. The van der Waals surface area contributed by atoms with Crippen molar-refractivity contribution in [3.63, 3.8) is 0 Å². The molecule has 29 heavy (non-hydrogen) atoms. The van der Waals surface area contributed by atoms with E-state index < -0.39 is 10.0 Å². The fourth-order valence-electron chi connectivity index (χ4n) is 3.20. The van der Waals surface area contributed by atoms with Crippen LogP contribution in [-0.2, 0) is 16.4 Å². The topological polar surface area (TPSA) is 92.3 Å². The fraction of sp³-hybridized carbons (Fsp3) is 0.450. The maximum absolute atomic E-state index is 13.1. The molecule has 1 amide bonds. The molecule has 7 nitrogen and oxygen atoms in total. The molecule has 0 atom stereocenters. The summed E-state index contributed by atoms with van der Waals surface area (Å²) >= 11 is 6.19. The van der Waals surface area contributed by atoms with Gasteiger partial charge in [-0.2, -0.15) is 4.31 Å². The largest absolute Gasteiger partial charge is 0.352 e. The predicted molar refractivity (Wildman–Crippen MR) is 111 cm³/mol. The second kappa shape index (κ2) is 9.65. The van der Waals surface area contributed by atoms with Gasteiger partial charge < -0.3 is 5.32 Å². The monoisotopic (exact) mass is 436 g/mol. The number of nitrogens with zero attached hydrogens (tertiary/aromatic N) is 3. The van der Waals surface area contributed by atoms with Gasteiger partial charge in [0.1, 0.15) is 10.7 Å². The quantitative estimate of drug-likeness (QED) is 0.751. The van der Waals surface area contributed by atoms with Crippen molar-refractivity contribution in [2.45, 2.75) is 43.9 Å². The first-order valence-corrected chi connectivity index (χ1v) is 11.5. The Labute approximate surface area is 176 Å². The average Bonchev–Trinajstić information content (AvgIpc) is 3.00. The number of carbonyl (C=O) groups is 1. The van der Waals surface area contributed by atoms with Crippen molar-refractivity contribution in [1.82, 2.24) is 19.6 Å². The standard InChI is InChI=1S/C20H25ClN4O3S/c1-15-13-23-19(24-14-15)8-9-22-20(26)16-6-7-17(21)18(12-16)29(27,28)25-10-4-2-3-5-11-25/h6-7,12-14H,2-5,8-11H2,1H3,(H,22,26). The van der Waals surface area contributed by atoms with E-state index in [0.717, 1.165) is 31.2 Å². The summed E-state index contributed by atoms with van der Waals surface area (Å²) in [6, 6.07) is 4.35. The fourth-order valence-corrected chi connectivity index (χ4v) is 5.22. The van der Waals surface area contributed by atoms with Crippen LogP contribution in [0, 0.1) is 6.92 Å². The van der Waals surface area contributed by atoms with E-state index in [-0.39, 0.29) is 21.4 Å². The molecule has 0 radical (unpaired) electrons. The van der Waals surface area contributed by atoms with E-state index in [9.17, 15) is 13.2 Å². The SMILES string of the molecule is Cc1cnc(CCNC(=O)c2ccc(Cl)c(S(=O)(=O)N3CCCCCC3)c2)nc1. The van der Waals surface area contributed by atoms with Gasteiger partial charge in [-0.15, -0.1) is 0 Å². The Morgan fingerprint density at radius 1 is 1.14 bits per heavy atom. The Kier molecular flexibility index (Phi) is 7.21. The van der Waals surface area contributed by atoms with Crippen LogP contribution in [0.5, 0.6) is 0 Å². The highest BCUT2D eigenvalue weighted by molar-refractivity contribution is 7.89. The molecule has 2 aromatic rings. The van der Waals surface area contributed by atoms with Crippen molar-refractivity contribution >= 4 is 27.5 Å². The Bertz CT molecular complexity index is 956. The summed E-state index contributed by atoms with van der Waals surface area (Å²) in [5.74, 6) is 0.275. The molecule has 2 heterocycles. The van der Waals surface area contributed by atoms with Crippen molar-refractivity contribution in [2.24, 2.45) is 0 Å². The zero-order valence-corrected chi connectivity index (χ0v) is 18.0. The first-order chi connectivity index (χ1) is 13.9. The number of hydrogen-bond acceptors (Lipinski definition) is 5. The summed E-state index contributed by atoms with van der Waals surface area (Å²) in [6.45, 7) is 3.21. The summed E-state index contributed by atoms with van der Waals surface area (Å²) in [7, 11) is -3.74. The maximum atomic E-state index is 13.1. The van der Waals surface area contributed by atoms with Crippen LogP contribution in [0.3, 0.4) is 0 Å². The van der Waals surface area contributed by atoms with Crippen LogP contribution >= 0.6 is 11.6 Å². The molecular weight excluding hydrogens is 412 g/mol. The van der Waals surface area contributed by atoms with Gasteiger partial charge in [-0.1, -0.05) is 24.4 Å². The molecule has 1 aromatic carbocycles. The molecule has 1 fully saturated rings. The van der Waals surface area contributed by atoms with E-state index >= 15 is 0 Å². The number of aryl methyl sites for hydroxylation is 1. The van der Waals surface area contributed by atoms with Gasteiger partial charge in [-0.25, -0.2) is 18.4 Å². The number of nitrogens with one attached hydrogen (secondary N) is 1. The van der Waals surface area contributed by atoms with Crippen LogP contribution < -0.4 is 5.32 Å². The van der Waals surface area contributed by atoms with E-state index in [1.807, 2.05) is 6.92 Å². The Balaban J connectivity index is 1.70. The van der Waals surface area contributed by atoms with Crippen LogP contribution in [0.1, 0.15) is 47.4 Å². The van der Waals surface area contributed by atoms with E-state index in [4.69, 9.17) is 11.6 Å². The number of halogens is 1. The van der Waals surface area contributed by atoms with Crippen LogP contribution in [-0.4, -0.2) is 48.2 Å². The molecule has 1 aliphatic rings. The van der Waals surface area contributed by atoms with Gasteiger partial charge in [0.05, 0.1) is 5.02 Å². The molecule has 0 bridgehead atoms. The van der Waals surface area contributed by atoms with Gasteiger partial charge in [-0.3, -0.25) is 4.79 Å². The predicted octanol–water partition coefficient (Wildman–Crippen LogP) is 2.98. The molecule has 0 unspecified atom stereocenters. The average molecular weight is 437 g/mol. The molecule has 3 rings (SSSR count). The molecular formula is C20H25ClN4O3S. The molecule has 0 spiro atoms. The van der Waals surface area contributed by atoms with Gasteiger partial charge >= 0.3 is 0 Å². The van der Waals surface area contributed by atoms with E-state index in [2.05, 4.69) is 15.3 Å². The van der Waals surface area contributed by atoms with Crippen molar-refractivity contribution < 1.29 is 13.2 Å². The summed E-state index contributed by atoms with van der Waals surface area (Å²) in [6.07, 6.45) is 7.64. The minimum atomic E-state index is -3.74. The smallest absolute Gasteiger partial charge is 0.251 e. The van der Waals surface area contributed by atoms with Crippen LogP contribution in [0.2, 0.25) is 5.02 Å². The number of rotatable bonds is 6. The molecule has 9 heteroatoms. The first-order valence-electron chi connectivity index (χ1n) is 9.73. The zero-order valence-electron chi connectivity index (χ0n) is 16.4. The number of carbonyl (C=O) groups excluding carboxylic acids is 1. The molecule has 0 saturated carbocycles. The van der Waals surface area contributed by atoms with Gasteiger partial charge in [0.25, 0.3) is 5.91 Å². The second-order valence-corrected chi connectivity index (χ2v) is 9.46. The third kappa shape index (κ3) is 5.52. The number of hydrogen-bond donors (Lipinski definition) is 1. The Morgan fingerprint density at radius 2 is 1.79 bits per heavy atom. The zero-order chi connectivity index (χ0) is 20.9. The lowest BCUT2D eigenvalue weighted by Crippen LogP contribution is -2.32. The Hall–Kier alpha value is -2.03. The summed E-state index contributed by atoms with van der Waals surface area (Å²) in [5.41, 5.74) is 1.23. The van der Waals surface area contributed by atoms with E-state index in [1.165, 1.54) is 22.5 Å². The first kappa shape index (κ1) is 21.7. The van der Waals surface area contributed by atoms with Crippen molar-refractivity contribution in [2.75, 3.05) is 19.6 Å². The van der Waals surface area contributed by atoms with E-state index in [1.54, 1.807) is 12.4 Å². The normalized spacial score (nSPS) is 15.7. The summed E-state index contributed by atoms with van der Waals surface area (Å²) in [4.78, 5) is 20.9. The highest BCUT2D eigenvalue weighted by Crippen LogP contribution is 2.27. The number of aromatic nitrogens is 2. The number of amides is 1. The molecule has 0 aliphatic carbocycles. The van der Waals surface area contributed by atoms with Crippen molar-refractivity contribution in [3.05, 3.63) is 52.6 Å². The third-order valence-electron chi connectivity index (χ3n) is 4.84. The van der Waals surface area contributed by atoms with Gasteiger partial charge in [0.2, 0.25) is 10.0 Å². The minimum Gasteiger partial charge on any atom is -0.352 e. The number of benzene rings is 1. The maximum Gasteiger partial charge on any atom is 0.251 e. The molecule has 1 saturated heterocycles. The summed E-state index contributed by atoms with van der Waals surface area (Å²) < 4.78 is 27.6. The van der Waals surface area contributed by atoms with Crippen LogP contribution in [0.15, 0.2) is 35.5 Å². The minimum absolute atomic E-state index is 0.0180. The van der Waals surface area contributed by atoms with Gasteiger partial charge in [0.15, 0.2) is 0 Å². The summed E-state index contributed by atoms with van der Waals surface area (Å²) in [5, 5.41) is 2.90. The van der Waals surface area contributed by atoms with Gasteiger partial charge in [0, 0.05) is 44.0 Å². The lowest BCUT2D eigenvalue weighted by molar-refractivity contribution is 0.0953. The lowest BCUT2D eigenvalue weighted by Gasteiger charge is -2.21. The lowest BCUT2D eigenvalue weighted by atomic mass is 10.2.